The quantitative estimate of drug-likeness (QED) is 0.780. The van der Waals surface area contributed by atoms with Crippen molar-refractivity contribution in [2.24, 2.45) is 5.92 Å². The molecule has 1 aromatic rings. The largest absolute Gasteiger partial charge is 0.573 e. The molecule has 132 valence electrons. The van der Waals surface area contributed by atoms with Crippen LogP contribution in [-0.2, 0) is 4.79 Å². The van der Waals surface area contributed by atoms with E-state index >= 15 is 0 Å². The highest BCUT2D eigenvalue weighted by molar-refractivity contribution is 5.89. The molecule has 1 fully saturated rings. The van der Waals surface area contributed by atoms with Crippen molar-refractivity contribution < 1.29 is 32.6 Å². The molecule has 1 aromatic carbocycles. The maximum Gasteiger partial charge on any atom is 0.573 e. The first-order valence-electron chi connectivity index (χ1n) is 7.39. The van der Waals surface area contributed by atoms with Crippen LogP contribution in [0, 0.1) is 5.92 Å². The summed E-state index contributed by atoms with van der Waals surface area (Å²) in [6.07, 6.45) is -2.61. The van der Waals surface area contributed by atoms with E-state index in [0.717, 1.165) is 12.1 Å². The molecule has 1 saturated carbocycles. The van der Waals surface area contributed by atoms with Gasteiger partial charge < -0.3 is 20.5 Å². The lowest BCUT2D eigenvalue weighted by Crippen LogP contribution is -2.40. The standard InChI is InChI=1S/C15H17F3N2O4/c16-15(17,18)24-12-7-5-11(6-8-12)20-14(23)19-10-3-1-9(2-4-10)13(21)22/h5-10H,1-4H2,(H,21,22)(H2,19,20,23). The van der Waals surface area contributed by atoms with Gasteiger partial charge in [-0.25, -0.2) is 4.79 Å². The molecule has 0 unspecified atom stereocenters. The Morgan fingerprint density at radius 1 is 1.08 bits per heavy atom. The van der Waals surface area contributed by atoms with Gasteiger partial charge in [-0.2, -0.15) is 0 Å². The normalized spacial score (nSPS) is 21.0. The van der Waals surface area contributed by atoms with Crippen LogP contribution in [0.25, 0.3) is 0 Å². The summed E-state index contributed by atoms with van der Waals surface area (Å²) >= 11 is 0. The SMILES string of the molecule is O=C(Nc1ccc(OC(F)(F)F)cc1)NC1CCC(C(=O)O)CC1. The molecule has 0 heterocycles. The number of carboxylic acids is 1. The van der Waals surface area contributed by atoms with Gasteiger partial charge in [-0.1, -0.05) is 0 Å². The molecule has 1 aliphatic rings. The van der Waals surface area contributed by atoms with Gasteiger partial charge in [0.1, 0.15) is 5.75 Å². The number of alkyl halides is 3. The second kappa shape index (κ2) is 7.41. The second-order valence-electron chi connectivity index (χ2n) is 5.56. The van der Waals surface area contributed by atoms with Crippen molar-refractivity contribution in [1.82, 2.24) is 5.32 Å². The Morgan fingerprint density at radius 2 is 1.67 bits per heavy atom. The number of halogens is 3. The van der Waals surface area contributed by atoms with Gasteiger partial charge in [0.25, 0.3) is 0 Å². The number of anilines is 1. The lowest BCUT2D eigenvalue weighted by atomic mass is 9.86. The van der Waals surface area contributed by atoms with Gasteiger partial charge in [-0.3, -0.25) is 4.79 Å². The van der Waals surface area contributed by atoms with E-state index in [1.807, 2.05) is 0 Å². The van der Waals surface area contributed by atoms with Crippen molar-refractivity contribution >= 4 is 17.7 Å². The molecule has 2 rings (SSSR count). The molecule has 2 amide bonds. The molecule has 6 nitrogen and oxygen atoms in total. The van der Waals surface area contributed by atoms with E-state index < -0.39 is 18.4 Å². The summed E-state index contributed by atoms with van der Waals surface area (Å²) in [5.74, 6) is -1.56. The smallest absolute Gasteiger partial charge is 0.481 e. The number of benzene rings is 1. The van der Waals surface area contributed by atoms with E-state index in [0.29, 0.717) is 31.4 Å². The summed E-state index contributed by atoms with van der Waals surface area (Å²) in [5.41, 5.74) is 0.321. The Morgan fingerprint density at radius 3 is 2.17 bits per heavy atom. The highest BCUT2D eigenvalue weighted by atomic mass is 19.4. The molecule has 0 aliphatic heterocycles. The molecule has 9 heteroatoms. The fourth-order valence-electron chi connectivity index (χ4n) is 2.58. The number of aliphatic carboxylic acids is 1. The first kappa shape index (κ1) is 17.9. The lowest BCUT2D eigenvalue weighted by molar-refractivity contribution is -0.274. The Balaban J connectivity index is 1.79. The summed E-state index contributed by atoms with van der Waals surface area (Å²) in [5, 5.41) is 14.1. The van der Waals surface area contributed by atoms with E-state index in [2.05, 4.69) is 15.4 Å². The number of hydrogen-bond donors (Lipinski definition) is 3. The average Bonchev–Trinajstić information content (AvgIpc) is 2.48. The number of amides is 2. The van der Waals surface area contributed by atoms with Crippen LogP contribution in [0.1, 0.15) is 25.7 Å². The summed E-state index contributed by atoms with van der Waals surface area (Å²) in [6, 6.07) is 4.18. The zero-order chi connectivity index (χ0) is 17.7. The number of carboxylic acid groups (broad SMARTS) is 1. The van der Waals surface area contributed by atoms with E-state index in [1.54, 1.807) is 0 Å². The van der Waals surface area contributed by atoms with Crippen LogP contribution in [-0.4, -0.2) is 29.5 Å². The molecule has 0 aromatic heterocycles. The number of ether oxygens (including phenoxy) is 1. The summed E-state index contributed by atoms with van der Waals surface area (Å²) in [6.45, 7) is 0. The summed E-state index contributed by atoms with van der Waals surface area (Å²) < 4.78 is 39.9. The Labute approximate surface area is 136 Å². The molecule has 0 radical (unpaired) electrons. The number of carbonyl (C=O) groups is 2. The van der Waals surface area contributed by atoms with Crippen LogP contribution in [0.4, 0.5) is 23.7 Å². The third-order valence-electron chi connectivity index (χ3n) is 3.76. The van der Waals surface area contributed by atoms with E-state index in [-0.39, 0.29) is 17.7 Å². The molecule has 0 atom stereocenters. The highest BCUT2D eigenvalue weighted by Crippen LogP contribution is 2.25. The van der Waals surface area contributed by atoms with Gasteiger partial charge in [0.05, 0.1) is 5.92 Å². The predicted molar refractivity (Wildman–Crippen MR) is 78.7 cm³/mol. The van der Waals surface area contributed by atoms with Crippen LogP contribution in [0.2, 0.25) is 0 Å². The van der Waals surface area contributed by atoms with Gasteiger partial charge in [-0.05, 0) is 49.9 Å². The minimum atomic E-state index is -4.76. The van der Waals surface area contributed by atoms with Crippen LogP contribution < -0.4 is 15.4 Å². The van der Waals surface area contributed by atoms with Gasteiger partial charge in [-0.15, -0.1) is 13.2 Å². The zero-order valence-electron chi connectivity index (χ0n) is 12.6. The number of hydrogen-bond acceptors (Lipinski definition) is 3. The van der Waals surface area contributed by atoms with E-state index in [4.69, 9.17) is 5.11 Å². The first-order valence-corrected chi connectivity index (χ1v) is 7.39. The van der Waals surface area contributed by atoms with Crippen molar-refractivity contribution in [1.29, 1.82) is 0 Å². The van der Waals surface area contributed by atoms with Crippen LogP contribution in [0.5, 0.6) is 5.75 Å². The summed E-state index contributed by atoms with van der Waals surface area (Å²) in [7, 11) is 0. The molecular weight excluding hydrogens is 329 g/mol. The topological polar surface area (TPSA) is 87.7 Å². The van der Waals surface area contributed by atoms with E-state index in [1.165, 1.54) is 12.1 Å². The minimum Gasteiger partial charge on any atom is -0.481 e. The second-order valence-corrected chi connectivity index (χ2v) is 5.56. The first-order chi connectivity index (χ1) is 11.2. The highest BCUT2D eigenvalue weighted by Gasteiger charge is 2.31. The minimum absolute atomic E-state index is 0.117. The third kappa shape index (κ3) is 5.64. The maximum atomic E-state index is 12.1. The van der Waals surface area contributed by atoms with Crippen molar-refractivity contribution in [2.75, 3.05) is 5.32 Å². The fourth-order valence-corrected chi connectivity index (χ4v) is 2.58. The van der Waals surface area contributed by atoms with Gasteiger partial charge in [0.15, 0.2) is 0 Å². The number of urea groups is 1. The van der Waals surface area contributed by atoms with E-state index in [9.17, 15) is 22.8 Å². The number of carbonyl (C=O) groups excluding carboxylic acids is 1. The molecule has 0 bridgehead atoms. The van der Waals surface area contributed by atoms with Gasteiger partial charge in [0.2, 0.25) is 0 Å². The molecule has 0 saturated heterocycles. The number of rotatable bonds is 4. The zero-order valence-corrected chi connectivity index (χ0v) is 12.6. The maximum absolute atomic E-state index is 12.1. The monoisotopic (exact) mass is 346 g/mol. The summed E-state index contributed by atoms with van der Waals surface area (Å²) in [4.78, 5) is 22.7. The average molecular weight is 346 g/mol. The van der Waals surface area contributed by atoms with Crippen molar-refractivity contribution in [3.63, 3.8) is 0 Å². The Kier molecular flexibility index (Phi) is 5.53. The third-order valence-corrected chi connectivity index (χ3v) is 3.76. The Bertz CT molecular complexity index is 581. The van der Waals surface area contributed by atoms with Crippen molar-refractivity contribution in [3.8, 4) is 5.75 Å². The molecular formula is C15H17F3N2O4. The molecule has 24 heavy (non-hydrogen) atoms. The molecule has 1 aliphatic carbocycles. The van der Waals surface area contributed by atoms with Crippen molar-refractivity contribution in [2.45, 2.75) is 38.1 Å². The predicted octanol–water partition coefficient (Wildman–Crippen LogP) is 3.35. The fraction of sp³-hybridized carbons (Fsp3) is 0.467. The van der Waals surface area contributed by atoms with Crippen molar-refractivity contribution in [3.05, 3.63) is 24.3 Å². The molecule has 0 spiro atoms. The Hall–Kier alpha value is -2.45. The van der Waals surface area contributed by atoms with Crippen LogP contribution in [0.15, 0.2) is 24.3 Å². The van der Waals surface area contributed by atoms with Gasteiger partial charge >= 0.3 is 18.4 Å². The van der Waals surface area contributed by atoms with Gasteiger partial charge in [0, 0.05) is 11.7 Å². The van der Waals surface area contributed by atoms with Crippen LogP contribution >= 0.6 is 0 Å². The molecule has 3 N–H and O–H groups in total. The lowest BCUT2D eigenvalue weighted by Gasteiger charge is -2.26. The van der Waals surface area contributed by atoms with Crippen LogP contribution in [0.3, 0.4) is 0 Å². The number of nitrogens with one attached hydrogen (secondary N) is 2.